The lowest BCUT2D eigenvalue weighted by Gasteiger charge is -2.23. The van der Waals surface area contributed by atoms with Gasteiger partial charge in [0, 0.05) is 25.8 Å². The molecule has 1 aromatic carbocycles. The molecular formula is C14H20ClNO2. The molecule has 1 fully saturated rings. The van der Waals surface area contributed by atoms with Crippen LogP contribution in [0, 0.1) is 6.92 Å². The second-order valence-corrected chi connectivity index (χ2v) is 5.03. The molecule has 3 nitrogen and oxygen atoms in total. The number of rotatable bonds is 5. The van der Waals surface area contributed by atoms with Crippen LogP contribution in [0.5, 0.6) is 5.75 Å². The first-order valence-corrected chi connectivity index (χ1v) is 6.83. The summed E-state index contributed by atoms with van der Waals surface area (Å²) in [6, 6.07) is 6.39. The van der Waals surface area contributed by atoms with Crippen LogP contribution in [0.4, 0.5) is 0 Å². The minimum atomic E-state index is 0.565. The lowest BCUT2D eigenvalue weighted by atomic mass is 10.1. The van der Waals surface area contributed by atoms with E-state index in [-0.39, 0.29) is 0 Å². The van der Waals surface area contributed by atoms with Crippen LogP contribution in [-0.4, -0.2) is 32.4 Å². The maximum absolute atomic E-state index is 6.06. The van der Waals surface area contributed by atoms with Crippen molar-refractivity contribution in [2.45, 2.75) is 25.8 Å². The van der Waals surface area contributed by atoms with Gasteiger partial charge in [-0.05, 0) is 37.5 Å². The first-order valence-electron chi connectivity index (χ1n) is 6.46. The van der Waals surface area contributed by atoms with Crippen LogP contribution < -0.4 is 10.1 Å². The second-order valence-electron chi connectivity index (χ2n) is 4.62. The Bertz CT molecular complexity index is 378. The van der Waals surface area contributed by atoms with Crippen molar-refractivity contribution < 1.29 is 9.47 Å². The molecule has 1 aromatic rings. The van der Waals surface area contributed by atoms with Gasteiger partial charge in [-0.15, -0.1) is 0 Å². The Balaban J connectivity index is 1.69. The third-order valence-corrected chi connectivity index (χ3v) is 3.41. The molecule has 100 valence electrons. The van der Waals surface area contributed by atoms with Crippen molar-refractivity contribution in [2.24, 2.45) is 0 Å². The van der Waals surface area contributed by atoms with Crippen molar-refractivity contribution in [1.29, 1.82) is 0 Å². The summed E-state index contributed by atoms with van der Waals surface area (Å²) >= 11 is 6.06. The van der Waals surface area contributed by atoms with E-state index in [0.29, 0.717) is 17.7 Å². The molecule has 1 aliphatic rings. The number of ether oxygens (including phenoxy) is 2. The second kappa shape index (κ2) is 6.98. The Labute approximate surface area is 113 Å². The lowest BCUT2D eigenvalue weighted by molar-refractivity contribution is 0.0770. The van der Waals surface area contributed by atoms with Gasteiger partial charge in [0.25, 0.3) is 0 Å². The quantitative estimate of drug-likeness (QED) is 0.834. The van der Waals surface area contributed by atoms with E-state index < -0.39 is 0 Å². The van der Waals surface area contributed by atoms with Crippen LogP contribution in [0.3, 0.4) is 0 Å². The zero-order valence-electron chi connectivity index (χ0n) is 10.7. The van der Waals surface area contributed by atoms with E-state index in [1.807, 2.05) is 25.1 Å². The topological polar surface area (TPSA) is 30.5 Å². The Hall–Kier alpha value is -0.770. The van der Waals surface area contributed by atoms with Gasteiger partial charge < -0.3 is 14.8 Å². The van der Waals surface area contributed by atoms with Crippen molar-refractivity contribution in [1.82, 2.24) is 5.32 Å². The average Bonchev–Trinajstić information content (AvgIpc) is 2.40. The molecule has 1 N–H and O–H groups in total. The molecule has 0 spiro atoms. The van der Waals surface area contributed by atoms with Crippen LogP contribution in [0.1, 0.15) is 18.4 Å². The van der Waals surface area contributed by atoms with Gasteiger partial charge in [-0.3, -0.25) is 0 Å². The minimum Gasteiger partial charge on any atom is -0.491 e. The first-order chi connectivity index (χ1) is 8.75. The molecule has 2 rings (SSSR count). The Morgan fingerprint density at radius 2 is 2.17 bits per heavy atom. The standard InChI is InChI=1S/C14H20ClNO2/c1-11-2-3-13(15)14(10-11)18-9-6-16-12-4-7-17-8-5-12/h2-3,10,12,16H,4-9H2,1H3. The van der Waals surface area contributed by atoms with Gasteiger partial charge >= 0.3 is 0 Å². The molecule has 4 heteroatoms. The van der Waals surface area contributed by atoms with E-state index >= 15 is 0 Å². The average molecular weight is 270 g/mol. The summed E-state index contributed by atoms with van der Waals surface area (Å²) in [6.45, 7) is 5.24. The fourth-order valence-corrected chi connectivity index (χ4v) is 2.22. The summed E-state index contributed by atoms with van der Waals surface area (Å²) in [5.74, 6) is 0.769. The van der Waals surface area contributed by atoms with Gasteiger partial charge in [0.05, 0.1) is 5.02 Å². The summed E-state index contributed by atoms with van der Waals surface area (Å²) in [4.78, 5) is 0. The Morgan fingerprint density at radius 3 is 2.94 bits per heavy atom. The predicted octanol–water partition coefficient (Wildman–Crippen LogP) is 2.80. The molecule has 0 saturated carbocycles. The molecule has 0 aromatic heterocycles. The highest BCUT2D eigenvalue weighted by Crippen LogP contribution is 2.24. The zero-order chi connectivity index (χ0) is 12.8. The number of hydrogen-bond acceptors (Lipinski definition) is 3. The van der Waals surface area contributed by atoms with Gasteiger partial charge in [-0.2, -0.15) is 0 Å². The summed E-state index contributed by atoms with van der Waals surface area (Å²) in [5, 5.41) is 4.15. The summed E-state index contributed by atoms with van der Waals surface area (Å²) in [6.07, 6.45) is 2.18. The molecule has 0 radical (unpaired) electrons. The van der Waals surface area contributed by atoms with Crippen LogP contribution in [0.25, 0.3) is 0 Å². The maximum Gasteiger partial charge on any atom is 0.138 e. The van der Waals surface area contributed by atoms with Gasteiger partial charge in [0.1, 0.15) is 12.4 Å². The third-order valence-electron chi connectivity index (χ3n) is 3.10. The minimum absolute atomic E-state index is 0.565. The van der Waals surface area contributed by atoms with Gasteiger partial charge in [0.15, 0.2) is 0 Å². The van der Waals surface area contributed by atoms with Crippen LogP contribution >= 0.6 is 11.6 Å². The van der Waals surface area contributed by atoms with Gasteiger partial charge in [-0.25, -0.2) is 0 Å². The Morgan fingerprint density at radius 1 is 1.39 bits per heavy atom. The maximum atomic E-state index is 6.06. The zero-order valence-corrected chi connectivity index (χ0v) is 11.5. The van der Waals surface area contributed by atoms with Gasteiger partial charge in [-0.1, -0.05) is 17.7 Å². The molecule has 1 aliphatic heterocycles. The fraction of sp³-hybridized carbons (Fsp3) is 0.571. The van der Waals surface area contributed by atoms with Crippen molar-refractivity contribution in [3.05, 3.63) is 28.8 Å². The van der Waals surface area contributed by atoms with E-state index in [0.717, 1.165) is 43.9 Å². The number of aryl methyl sites for hydroxylation is 1. The van der Waals surface area contributed by atoms with Crippen molar-refractivity contribution >= 4 is 11.6 Å². The normalized spacial score (nSPS) is 16.8. The number of nitrogens with one attached hydrogen (secondary N) is 1. The number of hydrogen-bond donors (Lipinski definition) is 1. The molecule has 0 unspecified atom stereocenters. The van der Waals surface area contributed by atoms with Gasteiger partial charge in [0.2, 0.25) is 0 Å². The molecule has 18 heavy (non-hydrogen) atoms. The molecule has 0 aliphatic carbocycles. The highest BCUT2D eigenvalue weighted by atomic mass is 35.5. The molecule has 0 atom stereocenters. The van der Waals surface area contributed by atoms with E-state index in [1.54, 1.807) is 0 Å². The molecule has 1 saturated heterocycles. The number of benzene rings is 1. The van der Waals surface area contributed by atoms with E-state index in [2.05, 4.69) is 5.32 Å². The van der Waals surface area contributed by atoms with E-state index in [9.17, 15) is 0 Å². The highest BCUT2D eigenvalue weighted by Gasteiger charge is 2.12. The number of halogens is 1. The highest BCUT2D eigenvalue weighted by molar-refractivity contribution is 6.32. The Kier molecular flexibility index (Phi) is 5.29. The smallest absolute Gasteiger partial charge is 0.138 e. The van der Waals surface area contributed by atoms with E-state index in [1.165, 1.54) is 0 Å². The largest absolute Gasteiger partial charge is 0.491 e. The van der Waals surface area contributed by atoms with Crippen LogP contribution in [0.2, 0.25) is 5.02 Å². The van der Waals surface area contributed by atoms with Crippen molar-refractivity contribution in [3.8, 4) is 5.75 Å². The molecule has 0 bridgehead atoms. The first kappa shape index (κ1) is 13.7. The summed E-state index contributed by atoms with van der Waals surface area (Å²) < 4.78 is 11.0. The van der Waals surface area contributed by atoms with Crippen molar-refractivity contribution in [3.63, 3.8) is 0 Å². The molecule has 0 amide bonds. The van der Waals surface area contributed by atoms with Crippen LogP contribution in [-0.2, 0) is 4.74 Å². The summed E-state index contributed by atoms with van der Waals surface area (Å²) in [7, 11) is 0. The molecule has 1 heterocycles. The third kappa shape index (κ3) is 4.16. The summed E-state index contributed by atoms with van der Waals surface area (Å²) in [5.41, 5.74) is 1.16. The van der Waals surface area contributed by atoms with E-state index in [4.69, 9.17) is 21.1 Å². The monoisotopic (exact) mass is 269 g/mol. The van der Waals surface area contributed by atoms with Crippen LogP contribution in [0.15, 0.2) is 18.2 Å². The lowest BCUT2D eigenvalue weighted by Crippen LogP contribution is -2.37. The van der Waals surface area contributed by atoms with Crippen molar-refractivity contribution in [2.75, 3.05) is 26.4 Å². The predicted molar refractivity (Wildman–Crippen MR) is 73.5 cm³/mol. The SMILES string of the molecule is Cc1ccc(Cl)c(OCCNC2CCOCC2)c1. The molecular weight excluding hydrogens is 250 g/mol. The fourth-order valence-electron chi connectivity index (χ4n) is 2.05.